The van der Waals surface area contributed by atoms with Crippen molar-refractivity contribution in [1.82, 2.24) is 0 Å². The summed E-state index contributed by atoms with van der Waals surface area (Å²) in [4.78, 5) is 0. The quantitative estimate of drug-likeness (QED) is 0.824. The van der Waals surface area contributed by atoms with Gasteiger partial charge in [0.15, 0.2) is 0 Å². The lowest BCUT2D eigenvalue weighted by Crippen LogP contribution is -2.93. The third kappa shape index (κ3) is 3.53. The van der Waals surface area contributed by atoms with E-state index in [1.807, 2.05) is 24.4 Å². The van der Waals surface area contributed by atoms with Crippen molar-refractivity contribution in [2.45, 2.75) is 56.8 Å². The second-order valence-electron chi connectivity index (χ2n) is 6.16. The highest BCUT2D eigenvalue weighted by Crippen LogP contribution is 2.47. The molecule has 0 spiro atoms. The molecule has 118 valence electrons. The maximum Gasteiger partial charge on any atom is 0.148 e. The monoisotopic (exact) mass is 334 g/mol. The number of halogens is 3. The first-order chi connectivity index (χ1) is 9.86. The van der Waals surface area contributed by atoms with Gasteiger partial charge in [0.1, 0.15) is 24.9 Å². The van der Waals surface area contributed by atoms with Crippen molar-refractivity contribution in [1.29, 1.82) is 0 Å². The van der Waals surface area contributed by atoms with Gasteiger partial charge in [0.05, 0.1) is 10.0 Å². The Kier molecular flexibility index (Phi) is 5.53. The van der Waals surface area contributed by atoms with Crippen LogP contribution in [-0.2, 0) is 5.41 Å². The van der Waals surface area contributed by atoms with E-state index < -0.39 is 12.3 Å². The predicted octanol–water partition coefficient (Wildman–Crippen LogP) is 3.09. The third-order valence-electron chi connectivity index (χ3n) is 4.83. The molecule has 21 heavy (non-hydrogen) atoms. The molecule has 1 aliphatic carbocycles. The Balaban J connectivity index is 2.11. The van der Waals surface area contributed by atoms with E-state index in [2.05, 4.69) is 0 Å². The lowest BCUT2D eigenvalue weighted by molar-refractivity contribution is -0.697. The molecule has 0 heterocycles. The summed E-state index contributed by atoms with van der Waals surface area (Å²) in [6, 6.07) is 5.43. The molecule has 3 unspecified atom stereocenters. The molecule has 3 N–H and O–H groups in total. The number of benzene rings is 1. The topological polar surface area (TPSA) is 36.8 Å². The van der Waals surface area contributed by atoms with Crippen LogP contribution in [0.15, 0.2) is 18.2 Å². The second kappa shape index (κ2) is 6.82. The average molecular weight is 335 g/mol. The molecular formula is C16H23Cl2FNO+. The van der Waals surface area contributed by atoms with Crippen LogP contribution in [0.4, 0.5) is 4.39 Å². The number of aliphatic hydroxyl groups excluding tert-OH is 1. The molecule has 3 atom stereocenters. The molecule has 0 radical (unpaired) electrons. The highest BCUT2D eigenvalue weighted by Gasteiger charge is 2.46. The van der Waals surface area contributed by atoms with E-state index in [1.165, 1.54) is 0 Å². The van der Waals surface area contributed by atoms with E-state index in [9.17, 15) is 9.50 Å². The van der Waals surface area contributed by atoms with E-state index in [4.69, 9.17) is 23.2 Å². The van der Waals surface area contributed by atoms with E-state index in [-0.39, 0.29) is 11.5 Å². The summed E-state index contributed by atoms with van der Waals surface area (Å²) in [5.74, 6) is 0. The van der Waals surface area contributed by atoms with Gasteiger partial charge in [0, 0.05) is 5.41 Å². The maximum absolute atomic E-state index is 13.2. The first-order valence-electron chi connectivity index (χ1n) is 7.48. The fourth-order valence-corrected chi connectivity index (χ4v) is 3.23. The van der Waals surface area contributed by atoms with Gasteiger partial charge in [-0.3, -0.25) is 0 Å². The van der Waals surface area contributed by atoms with Gasteiger partial charge in [-0.2, -0.15) is 0 Å². The van der Waals surface area contributed by atoms with Crippen LogP contribution in [-0.4, -0.2) is 30.0 Å². The molecule has 1 aromatic carbocycles. The van der Waals surface area contributed by atoms with E-state index in [0.29, 0.717) is 16.6 Å². The molecule has 1 saturated carbocycles. The van der Waals surface area contributed by atoms with Crippen LogP contribution in [0.25, 0.3) is 0 Å². The van der Waals surface area contributed by atoms with Gasteiger partial charge in [-0.1, -0.05) is 35.7 Å². The molecule has 0 amide bonds. The van der Waals surface area contributed by atoms with Crippen molar-refractivity contribution in [2.75, 3.05) is 6.54 Å². The number of nitrogens with two attached hydrogens (primary N) is 1. The van der Waals surface area contributed by atoms with Crippen molar-refractivity contribution in [2.24, 2.45) is 0 Å². The van der Waals surface area contributed by atoms with Crippen LogP contribution in [0.5, 0.6) is 0 Å². The molecule has 0 saturated heterocycles. The Morgan fingerprint density at radius 1 is 1.29 bits per heavy atom. The predicted molar refractivity (Wildman–Crippen MR) is 84.8 cm³/mol. The molecule has 1 fully saturated rings. The van der Waals surface area contributed by atoms with Gasteiger partial charge in [-0.15, -0.1) is 0 Å². The fraction of sp³-hybridized carbons (Fsp3) is 0.625. The van der Waals surface area contributed by atoms with Gasteiger partial charge in [-0.05, 0) is 44.4 Å². The fourth-order valence-electron chi connectivity index (χ4n) is 2.93. The standard InChI is InChI=1S/C16H22Cl2FNO/c1-10(19)11(2)20-9-15(21)16(6-3-7-16)12-4-5-13(17)14(18)8-12/h4-5,8,10-11,15,20-21H,3,6-7,9H2,1-2H3/p+1. The molecule has 1 aliphatic rings. The molecule has 0 aromatic heterocycles. The lowest BCUT2D eigenvalue weighted by Gasteiger charge is -2.45. The van der Waals surface area contributed by atoms with Gasteiger partial charge in [0.2, 0.25) is 0 Å². The Morgan fingerprint density at radius 2 is 1.95 bits per heavy atom. The summed E-state index contributed by atoms with van der Waals surface area (Å²) in [5, 5.41) is 13.6. The summed E-state index contributed by atoms with van der Waals surface area (Å²) in [7, 11) is 0. The molecule has 2 nitrogen and oxygen atoms in total. The Labute approximate surface area is 135 Å². The zero-order valence-corrected chi connectivity index (χ0v) is 14.0. The summed E-state index contributed by atoms with van der Waals surface area (Å²) >= 11 is 12.1. The number of quaternary nitrogens is 1. The zero-order valence-electron chi connectivity index (χ0n) is 12.5. The van der Waals surface area contributed by atoms with Crippen LogP contribution in [0.3, 0.4) is 0 Å². The van der Waals surface area contributed by atoms with Crippen LogP contribution in [0.1, 0.15) is 38.7 Å². The lowest BCUT2D eigenvalue weighted by atomic mass is 9.61. The number of aliphatic hydroxyl groups is 1. The van der Waals surface area contributed by atoms with Gasteiger partial charge >= 0.3 is 0 Å². The minimum absolute atomic E-state index is 0.148. The highest BCUT2D eigenvalue weighted by atomic mass is 35.5. The third-order valence-corrected chi connectivity index (χ3v) is 5.57. The van der Waals surface area contributed by atoms with Crippen LogP contribution >= 0.6 is 23.2 Å². The molecule has 5 heteroatoms. The van der Waals surface area contributed by atoms with E-state index in [1.54, 1.807) is 13.0 Å². The first-order valence-corrected chi connectivity index (χ1v) is 8.23. The van der Waals surface area contributed by atoms with Crippen LogP contribution in [0, 0.1) is 0 Å². The smallest absolute Gasteiger partial charge is 0.148 e. The van der Waals surface area contributed by atoms with Crippen LogP contribution < -0.4 is 5.32 Å². The normalized spacial score (nSPS) is 21.4. The molecule has 2 rings (SSSR count). The number of hydrogen-bond donors (Lipinski definition) is 2. The van der Waals surface area contributed by atoms with Gasteiger partial charge in [0.25, 0.3) is 0 Å². The Hall–Kier alpha value is -0.350. The highest BCUT2D eigenvalue weighted by molar-refractivity contribution is 6.42. The van der Waals surface area contributed by atoms with Crippen molar-refractivity contribution in [3.8, 4) is 0 Å². The minimum atomic E-state index is -0.889. The van der Waals surface area contributed by atoms with E-state index in [0.717, 1.165) is 24.8 Å². The Bertz CT molecular complexity index is 491. The summed E-state index contributed by atoms with van der Waals surface area (Å²) in [6.07, 6.45) is 1.55. The zero-order chi connectivity index (χ0) is 15.6. The number of hydrogen-bond acceptors (Lipinski definition) is 1. The number of alkyl halides is 1. The van der Waals surface area contributed by atoms with Crippen LogP contribution in [0.2, 0.25) is 10.0 Å². The van der Waals surface area contributed by atoms with Crippen molar-refractivity contribution < 1.29 is 14.8 Å². The van der Waals surface area contributed by atoms with Crippen molar-refractivity contribution in [3.63, 3.8) is 0 Å². The SMILES string of the molecule is CC(F)C(C)[NH2+]CC(O)C1(c2ccc(Cl)c(Cl)c2)CCC1. The van der Waals surface area contributed by atoms with Crippen molar-refractivity contribution in [3.05, 3.63) is 33.8 Å². The second-order valence-corrected chi connectivity index (χ2v) is 6.98. The molecule has 0 aliphatic heterocycles. The average Bonchev–Trinajstić information content (AvgIpc) is 2.38. The molecular weight excluding hydrogens is 312 g/mol. The summed E-state index contributed by atoms with van der Waals surface area (Å²) in [6.45, 7) is 3.88. The van der Waals surface area contributed by atoms with E-state index >= 15 is 0 Å². The molecule has 1 aromatic rings. The summed E-state index contributed by atoms with van der Waals surface area (Å²) < 4.78 is 13.2. The number of rotatable bonds is 6. The largest absolute Gasteiger partial charge is 0.386 e. The summed E-state index contributed by atoms with van der Waals surface area (Å²) in [5.41, 5.74) is 0.772. The van der Waals surface area contributed by atoms with Crippen molar-refractivity contribution >= 4 is 23.2 Å². The van der Waals surface area contributed by atoms with Gasteiger partial charge < -0.3 is 10.4 Å². The first kappa shape index (κ1) is 17.0. The van der Waals surface area contributed by atoms with Gasteiger partial charge in [-0.25, -0.2) is 4.39 Å². The Morgan fingerprint density at radius 3 is 2.43 bits per heavy atom. The maximum atomic E-state index is 13.2. The minimum Gasteiger partial charge on any atom is -0.386 e. The molecule has 0 bridgehead atoms.